The molecule has 96 valence electrons. The summed E-state index contributed by atoms with van der Waals surface area (Å²) in [5.41, 5.74) is 2.71. The van der Waals surface area contributed by atoms with Crippen molar-refractivity contribution in [3.63, 3.8) is 0 Å². The molecule has 0 bridgehead atoms. The van der Waals surface area contributed by atoms with Gasteiger partial charge in [-0.15, -0.1) is 11.8 Å². The monoisotopic (exact) mass is 261 g/mol. The molecule has 4 heteroatoms. The molecule has 2 aromatic rings. The molecule has 2 rings (SSSR count). The number of aryl methyl sites for hydroxylation is 2. The van der Waals surface area contributed by atoms with Gasteiger partial charge in [0.05, 0.1) is 6.20 Å². The van der Waals surface area contributed by atoms with Crippen LogP contribution in [0.25, 0.3) is 0 Å². The second-order valence-corrected chi connectivity index (χ2v) is 5.45. The van der Waals surface area contributed by atoms with Crippen molar-refractivity contribution >= 4 is 11.8 Å². The van der Waals surface area contributed by atoms with Crippen molar-refractivity contribution in [1.29, 1.82) is 0 Å². The van der Waals surface area contributed by atoms with Crippen molar-refractivity contribution in [2.45, 2.75) is 17.9 Å². The lowest BCUT2D eigenvalue weighted by Gasteiger charge is -2.18. The molecule has 1 aromatic carbocycles. The molecule has 1 unspecified atom stereocenters. The van der Waals surface area contributed by atoms with Gasteiger partial charge in [0.25, 0.3) is 0 Å². The molecular formula is C14H19N3S. The zero-order valence-electron chi connectivity index (χ0n) is 11.1. The summed E-state index contributed by atoms with van der Waals surface area (Å²) in [5.74, 6) is 1.01. The third-order valence-corrected chi connectivity index (χ3v) is 4.05. The van der Waals surface area contributed by atoms with E-state index in [1.165, 1.54) is 16.0 Å². The highest BCUT2D eigenvalue weighted by Crippen LogP contribution is 2.25. The van der Waals surface area contributed by atoms with Gasteiger partial charge in [0.15, 0.2) is 0 Å². The molecule has 0 radical (unpaired) electrons. The van der Waals surface area contributed by atoms with Gasteiger partial charge in [-0.1, -0.05) is 24.3 Å². The van der Waals surface area contributed by atoms with Crippen LogP contribution >= 0.6 is 11.8 Å². The highest BCUT2D eigenvalue weighted by Gasteiger charge is 2.12. The van der Waals surface area contributed by atoms with E-state index in [1.54, 1.807) is 0 Å². The summed E-state index contributed by atoms with van der Waals surface area (Å²) < 4.78 is 1.84. The van der Waals surface area contributed by atoms with E-state index >= 15 is 0 Å². The van der Waals surface area contributed by atoms with Crippen LogP contribution in [-0.2, 0) is 7.05 Å². The first-order valence-corrected chi connectivity index (χ1v) is 7.03. The van der Waals surface area contributed by atoms with Crippen LogP contribution in [0.4, 0.5) is 0 Å². The van der Waals surface area contributed by atoms with Gasteiger partial charge >= 0.3 is 0 Å². The number of rotatable bonds is 5. The highest BCUT2D eigenvalue weighted by atomic mass is 32.2. The normalized spacial score (nSPS) is 12.6. The molecular weight excluding hydrogens is 242 g/mol. The molecule has 0 aliphatic carbocycles. The molecule has 0 amide bonds. The molecule has 0 fully saturated rings. The fourth-order valence-corrected chi connectivity index (χ4v) is 3.01. The molecule has 0 saturated heterocycles. The van der Waals surface area contributed by atoms with Crippen molar-refractivity contribution in [2.75, 3.05) is 12.8 Å². The van der Waals surface area contributed by atoms with Crippen LogP contribution in [-0.4, -0.2) is 22.6 Å². The summed E-state index contributed by atoms with van der Waals surface area (Å²) in [6.45, 7) is 2.16. The van der Waals surface area contributed by atoms with Crippen molar-refractivity contribution in [3.05, 3.63) is 47.8 Å². The first-order chi connectivity index (χ1) is 8.70. The predicted octanol–water partition coefficient (Wildman–Crippen LogP) is 2.78. The smallest absolute Gasteiger partial charge is 0.0625 e. The van der Waals surface area contributed by atoms with E-state index in [9.17, 15) is 0 Å². The molecule has 0 saturated carbocycles. The summed E-state index contributed by atoms with van der Waals surface area (Å²) in [5, 5.41) is 7.57. The number of thioether (sulfide) groups is 1. The van der Waals surface area contributed by atoms with Crippen molar-refractivity contribution in [2.24, 2.45) is 7.05 Å². The third kappa shape index (κ3) is 3.15. The molecule has 0 spiro atoms. The number of nitrogens with one attached hydrogen (secondary N) is 1. The molecule has 0 aliphatic heterocycles. The maximum atomic E-state index is 4.19. The van der Waals surface area contributed by atoms with Gasteiger partial charge < -0.3 is 5.32 Å². The van der Waals surface area contributed by atoms with Crippen LogP contribution < -0.4 is 5.32 Å². The lowest BCUT2D eigenvalue weighted by atomic mass is 10.0. The van der Waals surface area contributed by atoms with Crippen LogP contribution in [0.2, 0.25) is 0 Å². The number of aromatic nitrogens is 2. The molecule has 1 atom stereocenters. The zero-order valence-corrected chi connectivity index (χ0v) is 11.9. The lowest BCUT2D eigenvalue weighted by Crippen LogP contribution is -2.19. The van der Waals surface area contributed by atoms with Crippen molar-refractivity contribution in [3.8, 4) is 0 Å². The van der Waals surface area contributed by atoms with Crippen LogP contribution in [0.15, 0.2) is 41.6 Å². The van der Waals surface area contributed by atoms with Crippen molar-refractivity contribution in [1.82, 2.24) is 15.1 Å². The average Bonchev–Trinajstić information content (AvgIpc) is 2.78. The quantitative estimate of drug-likeness (QED) is 0.839. The number of hydrogen-bond donors (Lipinski definition) is 1. The first kappa shape index (κ1) is 13.2. The SMILES string of the molecule is CNC(CSc1cnn(C)c1)c1ccccc1C. The summed E-state index contributed by atoms with van der Waals surface area (Å²) in [4.78, 5) is 1.21. The third-order valence-electron chi connectivity index (χ3n) is 3.01. The summed E-state index contributed by atoms with van der Waals surface area (Å²) in [6.07, 6.45) is 3.96. The fourth-order valence-electron chi connectivity index (χ4n) is 1.96. The van der Waals surface area contributed by atoms with E-state index in [4.69, 9.17) is 0 Å². The topological polar surface area (TPSA) is 29.9 Å². The van der Waals surface area contributed by atoms with Gasteiger partial charge in [-0.3, -0.25) is 4.68 Å². The maximum Gasteiger partial charge on any atom is 0.0625 e. The highest BCUT2D eigenvalue weighted by molar-refractivity contribution is 7.99. The van der Waals surface area contributed by atoms with Gasteiger partial charge in [-0.2, -0.15) is 5.10 Å². The Balaban J connectivity index is 2.04. The van der Waals surface area contributed by atoms with E-state index in [0.717, 1.165) is 5.75 Å². The van der Waals surface area contributed by atoms with Crippen LogP contribution in [0.3, 0.4) is 0 Å². The number of nitrogens with zero attached hydrogens (tertiary/aromatic N) is 2. The Morgan fingerprint density at radius 3 is 2.78 bits per heavy atom. The Bertz CT molecular complexity index is 507. The minimum absolute atomic E-state index is 0.372. The molecule has 18 heavy (non-hydrogen) atoms. The van der Waals surface area contributed by atoms with Gasteiger partial charge in [0.1, 0.15) is 0 Å². The van der Waals surface area contributed by atoms with Crippen LogP contribution in [0, 0.1) is 6.92 Å². The van der Waals surface area contributed by atoms with E-state index in [1.807, 2.05) is 36.7 Å². The van der Waals surface area contributed by atoms with E-state index in [-0.39, 0.29) is 0 Å². The molecule has 0 aliphatic rings. The summed E-state index contributed by atoms with van der Waals surface area (Å²) >= 11 is 1.83. The van der Waals surface area contributed by atoms with E-state index < -0.39 is 0 Å². The van der Waals surface area contributed by atoms with Crippen molar-refractivity contribution < 1.29 is 0 Å². The van der Waals surface area contributed by atoms with Gasteiger partial charge in [0.2, 0.25) is 0 Å². The Labute approximate surface area is 113 Å². The predicted molar refractivity (Wildman–Crippen MR) is 76.9 cm³/mol. The Morgan fingerprint density at radius 2 is 2.17 bits per heavy atom. The Morgan fingerprint density at radius 1 is 1.39 bits per heavy atom. The largest absolute Gasteiger partial charge is 0.312 e. The minimum Gasteiger partial charge on any atom is -0.312 e. The van der Waals surface area contributed by atoms with Gasteiger partial charge in [-0.05, 0) is 25.1 Å². The standard InChI is InChI=1S/C14H19N3S/c1-11-6-4-5-7-13(11)14(15-2)10-18-12-8-16-17(3)9-12/h4-9,14-15H,10H2,1-3H3. The first-order valence-electron chi connectivity index (χ1n) is 6.05. The second kappa shape index (κ2) is 6.07. The summed E-state index contributed by atoms with van der Waals surface area (Å²) in [6, 6.07) is 8.91. The van der Waals surface area contributed by atoms with Gasteiger partial charge in [0, 0.05) is 29.9 Å². The van der Waals surface area contributed by atoms with Crippen LogP contribution in [0.1, 0.15) is 17.2 Å². The van der Waals surface area contributed by atoms with Crippen LogP contribution in [0.5, 0.6) is 0 Å². The minimum atomic E-state index is 0.372. The van der Waals surface area contributed by atoms with E-state index in [2.05, 4.69) is 47.8 Å². The van der Waals surface area contributed by atoms with Gasteiger partial charge in [-0.25, -0.2) is 0 Å². The number of benzene rings is 1. The van der Waals surface area contributed by atoms with E-state index in [0.29, 0.717) is 6.04 Å². The number of hydrogen-bond acceptors (Lipinski definition) is 3. The Kier molecular flexibility index (Phi) is 4.44. The zero-order chi connectivity index (χ0) is 13.0. The summed E-state index contributed by atoms with van der Waals surface area (Å²) in [7, 11) is 3.96. The Hall–Kier alpha value is -1.26. The molecule has 1 N–H and O–H groups in total. The molecule has 1 aromatic heterocycles. The maximum absolute atomic E-state index is 4.19. The lowest BCUT2D eigenvalue weighted by molar-refractivity contribution is 0.658. The second-order valence-electron chi connectivity index (χ2n) is 4.36. The molecule has 1 heterocycles. The molecule has 3 nitrogen and oxygen atoms in total. The average molecular weight is 261 g/mol. The fraction of sp³-hybridized carbons (Fsp3) is 0.357.